The van der Waals surface area contributed by atoms with Gasteiger partial charge in [-0.25, -0.2) is 0 Å². The van der Waals surface area contributed by atoms with E-state index in [9.17, 15) is 0 Å². The lowest BCUT2D eigenvalue weighted by molar-refractivity contribution is 0.192. The van der Waals surface area contributed by atoms with Crippen molar-refractivity contribution in [3.8, 4) is 0 Å². The van der Waals surface area contributed by atoms with E-state index in [-0.39, 0.29) is 12.4 Å². The van der Waals surface area contributed by atoms with Crippen molar-refractivity contribution < 1.29 is 0 Å². The Kier molecular flexibility index (Phi) is 5.57. The molecule has 0 aliphatic carbocycles. The molecular formula is C17H24ClN3. The molecule has 0 spiro atoms. The van der Waals surface area contributed by atoms with E-state index >= 15 is 0 Å². The summed E-state index contributed by atoms with van der Waals surface area (Å²) in [6.45, 7) is 5.36. The summed E-state index contributed by atoms with van der Waals surface area (Å²) in [5, 5.41) is 4.67. The molecule has 0 amide bonds. The highest BCUT2D eigenvalue weighted by atomic mass is 35.5. The molecule has 4 heteroatoms. The van der Waals surface area contributed by atoms with Gasteiger partial charge >= 0.3 is 0 Å². The number of halogens is 1. The van der Waals surface area contributed by atoms with E-state index in [0.29, 0.717) is 6.04 Å². The summed E-state index contributed by atoms with van der Waals surface area (Å²) >= 11 is 0. The van der Waals surface area contributed by atoms with Crippen molar-refractivity contribution >= 4 is 23.3 Å². The standard InChI is InChI=1S/C17H23N3.ClH/c1-13-3-5-15-11-14(4-6-17(15)19-13)12-20(2)16-7-9-18-10-8-16;/h3-6,11,16,18H,7-10,12H2,1-2H3;1H. The quantitative estimate of drug-likeness (QED) is 0.944. The third kappa shape index (κ3) is 3.94. The normalized spacial score (nSPS) is 16.1. The molecular weight excluding hydrogens is 282 g/mol. The smallest absolute Gasteiger partial charge is 0.0705 e. The monoisotopic (exact) mass is 305 g/mol. The molecule has 21 heavy (non-hydrogen) atoms. The number of nitrogens with one attached hydrogen (secondary N) is 1. The lowest BCUT2D eigenvalue weighted by atomic mass is 10.0. The summed E-state index contributed by atoms with van der Waals surface area (Å²) < 4.78 is 0. The first kappa shape index (κ1) is 16.2. The van der Waals surface area contributed by atoms with E-state index in [2.05, 4.69) is 52.6 Å². The number of aryl methyl sites for hydroxylation is 1. The van der Waals surface area contributed by atoms with Crippen molar-refractivity contribution in [2.24, 2.45) is 0 Å². The Morgan fingerprint density at radius 1 is 1.19 bits per heavy atom. The summed E-state index contributed by atoms with van der Waals surface area (Å²) in [6.07, 6.45) is 2.51. The minimum absolute atomic E-state index is 0. The van der Waals surface area contributed by atoms with Crippen molar-refractivity contribution in [3.63, 3.8) is 0 Å². The molecule has 0 saturated carbocycles. The topological polar surface area (TPSA) is 28.2 Å². The van der Waals surface area contributed by atoms with Crippen LogP contribution < -0.4 is 5.32 Å². The SMILES string of the molecule is Cc1ccc2cc(CN(C)C3CCNCC3)ccc2n1.Cl. The number of aromatic nitrogens is 1. The zero-order valence-electron chi connectivity index (χ0n) is 12.8. The Labute approximate surface area is 133 Å². The molecule has 1 aromatic heterocycles. The van der Waals surface area contributed by atoms with Gasteiger partial charge in [-0.15, -0.1) is 12.4 Å². The maximum absolute atomic E-state index is 4.56. The summed E-state index contributed by atoms with van der Waals surface area (Å²) in [7, 11) is 2.24. The Hall–Kier alpha value is -1.16. The summed E-state index contributed by atoms with van der Waals surface area (Å²) in [5.41, 5.74) is 3.56. The molecule has 114 valence electrons. The van der Waals surface area contributed by atoms with Crippen LogP contribution in [-0.2, 0) is 6.54 Å². The second kappa shape index (κ2) is 7.21. The lowest BCUT2D eigenvalue weighted by Crippen LogP contribution is -2.40. The van der Waals surface area contributed by atoms with Gasteiger partial charge in [-0.05, 0) is 63.7 Å². The average molecular weight is 306 g/mol. The number of hydrogen-bond donors (Lipinski definition) is 1. The molecule has 2 heterocycles. The van der Waals surface area contributed by atoms with E-state index < -0.39 is 0 Å². The molecule has 1 saturated heterocycles. The van der Waals surface area contributed by atoms with E-state index in [0.717, 1.165) is 30.8 Å². The largest absolute Gasteiger partial charge is 0.317 e. The molecule has 1 aliphatic heterocycles. The van der Waals surface area contributed by atoms with Crippen LogP contribution in [-0.4, -0.2) is 36.1 Å². The molecule has 3 nitrogen and oxygen atoms in total. The van der Waals surface area contributed by atoms with Crippen LogP contribution in [0.2, 0.25) is 0 Å². The van der Waals surface area contributed by atoms with Gasteiger partial charge in [0.05, 0.1) is 5.52 Å². The van der Waals surface area contributed by atoms with Crippen LogP contribution in [0.3, 0.4) is 0 Å². The first-order valence-electron chi connectivity index (χ1n) is 7.49. The number of pyridine rings is 1. The molecule has 0 atom stereocenters. The number of fused-ring (bicyclic) bond motifs is 1. The molecule has 0 bridgehead atoms. The molecule has 3 rings (SSSR count). The molecule has 0 radical (unpaired) electrons. The van der Waals surface area contributed by atoms with Gasteiger partial charge in [0.15, 0.2) is 0 Å². The number of rotatable bonds is 3. The van der Waals surface area contributed by atoms with Crippen molar-refractivity contribution in [2.45, 2.75) is 32.4 Å². The van der Waals surface area contributed by atoms with E-state index in [1.54, 1.807) is 0 Å². The van der Waals surface area contributed by atoms with Crippen molar-refractivity contribution in [3.05, 3.63) is 41.6 Å². The first-order chi connectivity index (χ1) is 9.72. The second-order valence-electron chi connectivity index (χ2n) is 5.88. The number of piperidine rings is 1. The summed E-state index contributed by atoms with van der Waals surface area (Å²) in [5.74, 6) is 0. The minimum atomic E-state index is 0. The second-order valence-corrected chi connectivity index (χ2v) is 5.88. The highest BCUT2D eigenvalue weighted by Gasteiger charge is 2.17. The fourth-order valence-corrected chi connectivity index (χ4v) is 3.04. The molecule has 2 aromatic rings. The maximum Gasteiger partial charge on any atom is 0.0705 e. The highest BCUT2D eigenvalue weighted by molar-refractivity contribution is 5.85. The van der Waals surface area contributed by atoms with Gasteiger partial charge < -0.3 is 5.32 Å². The Bertz CT molecular complexity index is 594. The predicted molar refractivity (Wildman–Crippen MR) is 91.1 cm³/mol. The zero-order chi connectivity index (χ0) is 13.9. The Balaban J connectivity index is 0.00000161. The number of nitrogens with zero attached hydrogens (tertiary/aromatic N) is 2. The Morgan fingerprint density at radius 3 is 2.71 bits per heavy atom. The van der Waals surface area contributed by atoms with Crippen LogP contribution in [0.5, 0.6) is 0 Å². The predicted octanol–water partition coefficient (Wildman–Crippen LogP) is 3.15. The van der Waals surface area contributed by atoms with Gasteiger partial charge in [0, 0.05) is 23.7 Å². The van der Waals surface area contributed by atoms with Gasteiger partial charge in [-0.3, -0.25) is 9.88 Å². The third-order valence-corrected chi connectivity index (χ3v) is 4.26. The van der Waals surface area contributed by atoms with E-state index in [4.69, 9.17) is 0 Å². The van der Waals surface area contributed by atoms with Crippen molar-refractivity contribution in [1.82, 2.24) is 15.2 Å². The molecule has 0 unspecified atom stereocenters. The Morgan fingerprint density at radius 2 is 1.95 bits per heavy atom. The fourth-order valence-electron chi connectivity index (χ4n) is 3.04. The van der Waals surface area contributed by atoms with Gasteiger partial charge in [0.1, 0.15) is 0 Å². The van der Waals surface area contributed by atoms with E-state index in [1.165, 1.54) is 23.8 Å². The number of hydrogen-bond acceptors (Lipinski definition) is 3. The first-order valence-corrected chi connectivity index (χ1v) is 7.49. The zero-order valence-corrected chi connectivity index (χ0v) is 13.6. The average Bonchev–Trinajstić information content (AvgIpc) is 2.48. The van der Waals surface area contributed by atoms with Crippen molar-refractivity contribution in [2.75, 3.05) is 20.1 Å². The van der Waals surface area contributed by atoms with Crippen LogP contribution in [0.4, 0.5) is 0 Å². The van der Waals surface area contributed by atoms with Crippen molar-refractivity contribution in [1.29, 1.82) is 0 Å². The van der Waals surface area contributed by atoms with Gasteiger partial charge in [-0.2, -0.15) is 0 Å². The lowest BCUT2D eigenvalue weighted by Gasteiger charge is -2.31. The molecule has 1 aliphatic rings. The summed E-state index contributed by atoms with van der Waals surface area (Å²) in [4.78, 5) is 7.05. The van der Waals surface area contributed by atoms with Crippen LogP contribution in [0.15, 0.2) is 30.3 Å². The van der Waals surface area contributed by atoms with Crippen LogP contribution in [0.1, 0.15) is 24.1 Å². The maximum atomic E-state index is 4.56. The third-order valence-electron chi connectivity index (χ3n) is 4.26. The number of benzene rings is 1. The highest BCUT2D eigenvalue weighted by Crippen LogP contribution is 2.18. The summed E-state index contributed by atoms with van der Waals surface area (Å²) in [6, 6.07) is 11.6. The van der Waals surface area contributed by atoms with Gasteiger partial charge in [0.2, 0.25) is 0 Å². The van der Waals surface area contributed by atoms with Crippen LogP contribution in [0.25, 0.3) is 10.9 Å². The van der Waals surface area contributed by atoms with Crippen LogP contribution >= 0.6 is 12.4 Å². The molecule has 1 fully saturated rings. The fraction of sp³-hybridized carbons (Fsp3) is 0.471. The van der Waals surface area contributed by atoms with Gasteiger partial charge in [-0.1, -0.05) is 12.1 Å². The van der Waals surface area contributed by atoms with Crippen LogP contribution in [0, 0.1) is 6.92 Å². The molecule has 1 aromatic carbocycles. The van der Waals surface area contributed by atoms with E-state index in [1.807, 2.05) is 6.92 Å². The molecule has 1 N–H and O–H groups in total. The van der Waals surface area contributed by atoms with Gasteiger partial charge in [0.25, 0.3) is 0 Å². The minimum Gasteiger partial charge on any atom is -0.317 e.